The summed E-state index contributed by atoms with van der Waals surface area (Å²) < 4.78 is 0. The third-order valence-electron chi connectivity index (χ3n) is 4.34. The van der Waals surface area contributed by atoms with Gasteiger partial charge in [0.05, 0.1) is 11.3 Å². The second-order valence-corrected chi connectivity index (χ2v) is 5.68. The van der Waals surface area contributed by atoms with Crippen molar-refractivity contribution in [2.24, 2.45) is 0 Å². The van der Waals surface area contributed by atoms with E-state index in [0.29, 0.717) is 29.8 Å². The average Bonchev–Trinajstić information content (AvgIpc) is 2.86. The summed E-state index contributed by atoms with van der Waals surface area (Å²) in [4.78, 5) is 14.5. The Morgan fingerprint density at radius 1 is 1.43 bits per heavy atom. The zero-order chi connectivity index (χ0) is 15.2. The molecule has 0 saturated carbocycles. The zero-order valence-corrected chi connectivity index (χ0v) is 12.8. The minimum Gasteiger partial charge on any atom is -0.325 e. The lowest BCUT2D eigenvalue weighted by molar-refractivity contribution is -0.116. The molecule has 2 unspecified atom stereocenters. The van der Waals surface area contributed by atoms with Crippen LogP contribution in [-0.4, -0.2) is 29.4 Å². The van der Waals surface area contributed by atoms with Gasteiger partial charge >= 0.3 is 0 Å². The van der Waals surface area contributed by atoms with E-state index in [1.807, 2.05) is 6.07 Å². The quantitative estimate of drug-likeness (QED) is 0.904. The van der Waals surface area contributed by atoms with Crippen LogP contribution in [0.1, 0.15) is 45.1 Å². The molecule has 0 aliphatic carbocycles. The molecule has 1 aromatic carbocycles. The average molecular weight is 285 g/mol. The Kier molecular flexibility index (Phi) is 5.35. The van der Waals surface area contributed by atoms with E-state index in [-0.39, 0.29) is 5.91 Å². The summed E-state index contributed by atoms with van der Waals surface area (Å²) in [5, 5.41) is 11.9. The molecule has 1 heterocycles. The topological polar surface area (TPSA) is 56.1 Å². The van der Waals surface area contributed by atoms with Crippen molar-refractivity contribution >= 4 is 11.6 Å². The van der Waals surface area contributed by atoms with Gasteiger partial charge in [-0.05, 0) is 38.3 Å². The minimum atomic E-state index is -0.0216. The number of anilines is 1. The van der Waals surface area contributed by atoms with Gasteiger partial charge in [0.2, 0.25) is 5.91 Å². The molecule has 0 bridgehead atoms. The summed E-state index contributed by atoms with van der Waals surface area (Å²) in [6, 6.07) is 10.4. The fourth-order valence-electron chi connectivity index (χ4n) is 3.10. The predicted octanol–water partition coefficient (Wildman–Crippen LogP) is 3.15. The highest BCUT2D eigenvalue weighted by Crippen LogP contribution is 2.26. The number of rotatable bonds is 5. The fourth-order valence-corrected chi connectivity index (χ4v) is 3.10. The second-order valence-electron chi connectivity index (χ2n) is 5.68. The van der Waals surface area contributed by atoms with Gasteiger partial charge in [-0.25, -0.2) is 0 Å². The van der Waals surface area contributed by atoms with Gasteiger partial charge in [0.15, 0.2) is 0 Å². The van der Waals surface area contributed by atoms with Gasteiger partial charge in [0.1, 0.15) is 6.07 Å². The van der Waals surface area contributed by atoms with E-state index < -0.39 is 0 Å². The number of nitrogens with zero attached hydrogens (tertiary/aromatic N) is 2. The SMILES string of the molecule is CCC1CCC(C)N1CCC(=O)Nc1ccccc1C#N. The van der Waals surface area contributed by atoms with Crippen LogP contribution in [0.5, 0.6) is 0 Å². The van der Waals surface area contributed by atoms with Crippen molar-refractivity contribution in [3.63, 3.8) is 0 Å². The molecule has 0 aromatic heterocycles. The molecule has 2 atom stereocenters. The van der Waals surface area contributed by atoms with E-state index in [4.69, 9.17) is 5.26 Å². The van der Waals surface area contributed by atoms with Crippen molar-refractivity contribution in [1.82, 2.24) is 4.90 Å². The Bertz CT molecular complexity index is 535. The van der Waals surface area contributed by atoms with Crippen molar-refractivity contribution in [3.05, 3.63) is 29.8 Å². The molecule has 1 amide bonds. The van der Waals surface area contributed by atoms with Crippen LogP contribution in [0.15, 0.2) is 24.3 Å². The smallest absolute Gasteiger partial charge is 0.225 e. The van der Waals surface area contributed by atoms with Gasteiger partial charge in [-0.3, -0.25) is 9.69 Å². The molecule has 4 nitrogen and oxygen atoms in total. The number of hydrogen-bond donors (Lipinski definition) is 1. The molecule has 112 valence electrons. The van der Waals surface area contributed by atoms with Crippen LogP contribution in [0.3, 0.4) is 0 Å². The van der Waals surface area contributed by atoms with Gasteiger partial charge < -0.3 is 5.32 Å². The lowest BCUT2D eigenvalue weighted by Crippen LogP contribution is -2.36. The van der Waals surface area contributed by atoms with Gasteiger partial charge in [-0.2, -0.15) is 5.26 Å². The Labute approximate surface area is 126 Å². The zero-order valence-electron chi connectivity index (χ0n) is 12.8. The van der Waals surface area contributed by atoms with Crippen molar-refractivity contribution < 1.29 is 4.79 Å². The lowest BCUT2D eigenvalue weighted by Gasteiger charge is -2.27. The minimum absolute atomic E-state index is 0.0216. The molecule has 2 rings (SSSR count). The summed E-state index contributed by atoms with van der Waals surface area (Å²) in [6.07, 6.45) is 4.07. The first-order chi connectivity index (χ1) is 10.2. The summed E-state index contributed by atoms with van der Waals surface area (Å²) in [7, 11) is 0. The van der Waals surface area contributed by atoms with E-state index in [2.05, 4.69) is 30.1 Å². The monoisotopic (exact) mass is 285 g/mol. The van der Waals surface area contributed by atoms with Crippen LogP contribution in [-0.2, 0) is 4.79 Å². The second kappa shape index (κ2) is 7.24. The van der Waals surface area contributed by atoms with Crippen LogP contribution in [0.2, 0.25) is 0 Å². The van der Waals surface area contributed by atoms with Gasteiger partial charge in [0.25, 0.3) is 0 Å². The number of nitrogens with one attached hydrogen (secondary N) is 1. The molecule has 1 saturated heterocycles. The van der Waals surface area contributed by atoms with E-state index in [0.717, 1.165) is 13.0 Å². The highest BCUT2D eigenvalue weighted by molar-refractivity contribution is 5.92. The normalized spacial score (nSPS) is 22.0. The van der Waals surface area contributed by atoms with Crippen LogP contribution in [0.25, 0.3) is 0 Å². The number of carbonyl (C=O) groups excluding carboxylic acids is 1. The standard InChI is InChI=1S/C17H23N3O/c1-3-15-9-8-13(2)20(15)11-10-17(21)19-16-7-5-4-6-14(16)12-18/h4-7,13,15H,3,8-11H2,1-2H3,(H,19,21). The third-order valence-corrected chi connectivity index (χ3v) is 4.34. The highest BCUT2D eigenvalue weighted by atomic mass is 16.1. The van der Waals surface area contributed by atoms with Gasteiger partial charge in [-0.15, -0.1) is 0 Å². The molecule has 1 aliphatic rings. The molecule has 1 aliphatic heterocycles. The van der Waals surface area contributed by atoms with Crippen molar-refractivity contribution in [2.75, 3.05) is 11.9 Å². The first kappa shape index (κ1) is 15.5. The number of nitriles is 1. The van der Waals surface area contributed by atoms with E-state index >= 15 is 0 Å². The maximum Gasteiger partial charge on any atom is 0.225 e. The molecule has 1 aromatic rings. The van der Waals surface area contributed by atoms with Crippen LogP contribution < -0.4 is 5.32 Å². The lowest BCUT2D eigenvalue weighted by atomic mass is 10.1. The van der Waals surface area contributed by atoms with Crippen LogP contribution in [0, 0.1) is 11.3 Å². The Morgan fingerprint density at radius 3 is 2.90 bits per heavy atom. The Hall–Kier alpha value is -1.86. The number of carbonyl (C=O) groups is 1. The van der Waals surface area contributed by atoms with Crippen molar-refractivity contribution in [2.45, 2.75) is 51.6 Å². The van der Waals surface area contributed by atoms with Gasteiger partial charge in [0, 0.05) is 25.0 Å². The van der Waals surface area contributed by atoms with Crippen molar-refractivity contribution in [1.29, 1.82) is 5.26 Å². The molecular weight excluding hydrogens is 262 g/mol. The first-order valence-electron chi connectivity index (χ1n) is 7.70. The van der Waals surface area contributed by atoms with Crippen molar-refractivity contribution in [3.8, 4) is 6.07 Å². The molecule has 4 heteroatoms. The Morgan fingerprint density at radius 2 is 2.19 bits per heavy atom. The van der Waals surface area contributed by atoms with Gasteiger partial charge in [-0.1, -0.05) is 19.1 Å². The molecule has 0 radical (unpaired) electrons. The molecule has 1 N–H and O–H groups in total. The number of benzene rings is 1. The molecule has 0 spiro atoms. The largest absolute Gasteiger partial charge is 0.325 e. The van der Waals surface area contributed by atoms with E-state index in [1.54, 1.807) is 18.2 Å². The summed E-state index contributed by atoms with van der Waals surface area (Å²) in [6.45, 7) is 5.23. The van der Waals surface area contributed by atoms with E-state index in [1.165, 1.54) is 12.8 Å². The molecule has 21 heavy (non-hydrogen) atoms. The van der Waals surface area contributed by atoms with Crippen LogP contribution in [0.4, 0.5) is 5.69 Å². The number of likely N-dealkylation sites (tertiary alicyclic amines) is 1. The maximum atomic E-state index is 12.1. The summed E-state index contributed by atoms with van der Waals surface area (Å²) in [5.41, 5.74) is 1.11. The first-order valence-corrected chi connectivity index (χ1v) is 7.70. The van der Waals surface area contributed by atoms with Crippen LogP contribution >= 0.6 is 0 Å². The number of amides is 1. The number of para-hydroxylation sites is 1. The maximum absolute atomic E-state index is 12.1. The fraction of sp³-hybridized carbons (Fsp3) is 0.529. The van der Waals surface area contributed by atoms with E-state index in [9.17, 15) is 4.79 Å². The third kappa shape index (κ3) is 3.83. The summed E-state index contributed by atoms with van der Waals surface area (Å²) in [5.74, 6) is -0.0216. The predicted molar refractivity (Wildman–Crippen MR) is 83.9 cm³/mol. The summed E-state index contributed by atoms with van der Waals surface area (Å²) >= 11 is 0. The Balaban J connectivity index is 1.89. The highest BCUT2D eigenvalue weighted by Gasteiger charge is 2.29. The molecule has 1 fully saturated rings. The number of hydrogen-bond acceptors (Lipinski definition) is 3. The molecular formula is C17H23N3O.